The molecule has 70 valence electrons. The molecule has 2 bridgehead atoms. The lowest BCUT2D eigenvalue weighted by Gasteiger charge is -2.24. The summed E-state index contributed by atoms with van der Waals surface area (Å²) in [5.74, 6) is 0.495. The van der Waals surface area contributed by atoms with Gasteiger partial charge in [-0.2, -0.15) is 0 Å². The summed E-state index contributed by atoms with van der Waals surface area (Å²) in [6.07, 6.45) is 3.43. The summed E-state index contributed by atoms with van der Waals surface area (Å²) in [4.78, 5) is 0. The molecule has 0 spiro atoms. The van der Waals surface area contributed by atoms with E-state index in [-0.39, 0.29) is 17.3 Å². The average Bonchev–Trinajstić information content (AvgIpc) is 2.41. The fraction of sp³-hybridized carbons (Fsp3) is 1.00. The highest BCUT2D eigenvalue weighted by Gasteiger charge is 2.49. The van der Waals surface area contributed by atoms with Crippen molar-refractivity contribution in [3.63, 3.8) is 0 Å². The van der Waals surface area contributed by atoms with Crippen molar-refractivity contribution in [1.82, 2.24) is 0 Å². The Balaban J connectivity index is 2.23. The van der Waals surface area contributed by atoms with Crippen LogP contribution in [0.4, 0.5) is 0 Å². The molecule has 0 heterocycles. The molecule has 0 aromatic rings. The van der Waals surface area contributed by atoms with E-state index in [2.05, 4.69) is 0 Å². The fourth-order valence-electron chi connectivity index (χ4n) is 2.74. The van der Waals surface area contributed by atoms with Crippen molar-refractivity contribution in [1.29, 1.82) is 0 Å². The largest absolute Gasteiger partial charge is 0.393 e. The fourth-order valence-corrected chi connectivity index (χ4v) is 4.29. The van der Waals surface area contributed by atoms with Gasteiger partial charge in [0.05, 0.1) is 11.4 Å². The maximum Gasteiger partial charge on any atom is 0.150 e. The van der Waals surface area contributed by atoms with Crippen molar-refractivity contribution in [2.24, 2.45) is 11.8 Å². The molecule has 0 aromatic carbocycles. The molecule has 0 aromatic heterocycles. The van der Waals surface area contributed by atoms with E-state index in [1.807, 2.05) is 0 Å². The molecule has 2 rings (SSSR count). The van der Waals surface area contributed by atoms with E-state index in [1.54, 1.807) is 0 Å². The highest BCUT2D eigenvalue weighted by atomic mass is 32.2. The summed E-state index contributed by atoms with van der Waals surface area (Å²) >= 11 is 0. The monoisotopic (exact) mass is 190 g/mol. The van der Waals surface area contributed by atoms with Gasteiger partial charge >= 0.3 is 0 Å². The minimum Gasteiger partial charge on any atom is -0.393 e. The summed E-state index contributed by atoms with van der Waals surface area (Å²) in [6.45, 7) is 0. The molecule has 0 amide bonds. The molecule has 2 aliphatic rings. The molecular weight excluding hydrogens is 176 g/mol. The van der Waals surface area contributed by atoms with E-state index in [9.17, 15) is 13.5 Å². The van der Waals surface area contributed by atoms with E-state index >= 15 is 0 Å². The van der Waals surface area contributed by atoms with E-state index in [4.69, 9.17) is 0 Å². The molecule has 4 unspecified atom stereocenters. The van der Waals surface area contributed by atoms with Gasteiger partial charge in [-0.15, -0.1) is 0 Å². The first kappa shape index (κ1) is 8.51. The van der Waals surface area contributed by atoms with Crippen molar-refractivity contribution in [3.05, 3.63) is 0 Å². The maximum atomic E-state index is 11.3. The molecule has 2 aliphatic carbocycles. The summed E-state index contributed by atoms with van der Waals surface area (Å²) < 4.78 is 22.5. The maximum absolute atomic E-state index is 11.3. The van der Waals surface area contributed by atoms with Crippen LogP contribution in [0.25, 0.3) is 0 Å². The van der Waals surface area contributed by atoms with Gasteiger partial charge in [-0.25, -0.2) is 8.42 Å². The topological polar surface area (TPSA) is 54.4 Å². The van der Waals surface area contributed by atoms with Crippen molar-refractivity contribution in [2.75, 3.05) is 6.26 Å². The molecule has 1 N–H and O–H groups in total. The highest BCUT2D eigenvalue weighted by Crippen LogP contribution is 2.47. The first-order valence-corrected chi connectivity index (χ1v) is 6.31. The van der Waals surface area contributed by atoms with Crippen molar-refractivity contribution in [3.8, 4) is 0 Å². The lowest BCUT2D eigenvalue weighted by Crippen LogP contribution is -2.34. The Morgan fingerprint density at radius 1 is 1.25 bits per heavy atom. The van der Waals surface area contributed by atoms with Crippen LogP contribution >= 0.6 is 0 Å². The SMILES string of the molecule is CS(=O)(=O)C1CC2CC(O)C1C2. The minimum absolute atomic E-state index is 0.0324. The second-order valence-electron chi connectivity index (χ2n) is 4.17. The number of aliphatic hydroxyl groups is 1. The van der Waals surface area contributed by atoms with Crippen LogP contribution < -0.4 is 0 Å². The van der Waals surface area contributed by atoms with Crippen LogP contribution in [0, 0.1) is 11.8 Å². The normalized spacial score (nSPS) is 46.8. The second kappa shape index (κ2) is 2.45. The molecule has 3 nitrogen and oxygen atoms in total. The predicted molar refractivity (Wildman–Crippen MR) is 45.5 cm³/mol. The number of hydrogen-bond acceptors (Lipinski definition) is 3. The van der Waals surface area contributed by atoms with Gasteiger partial charge < -0.3 is 5.11 Å². The van der Waals surface area contributed by atoms with Gasteiger partial charge in [-0.3, -0.25) is 0 Å². The van der Waals surface area contributed by atoms with Gasteiger partial charge in [-0.05, 0) is 25.2 Å². The number of hydrogen-bond donors (Lipinski definition) is 1. The first-order chi connectivity index (χ1) is 5.48. The Kier molecular flexibility index (Phi) is 1.74. The Labute approximate surface area is 72.7 Å². The minimum atomic E-state index is -2.93. The number of rotatable bonds is 1. The van der Waals surface area contributed by atoms with Gasteiger partial charge in [0.25, 0.3) is 0 Å². The first-order valence-electron chi connectivity index (χ1n) is 4.35. The van der Waals surface area contributed by atoms with Crippen LogP contribution in [-0.4, -0.2) is 31.1 Å². The van der Waals surface area contributed by atoms with E-state index in [0.29, 0.717) is 5.92 Å². The molecule has 2 fully saturated rings. The Morgan fingerprint density at radius 2 is 1.92 bits per heavy atom. The lowest BCUT2D eigenvalue weighted by atomic mass is 9.97. The average molecular weight is 190 g/mol. The highest BCUT2D eigenvalue weighted by molar-refractivity contribution is 7.91. The Hall–Kier alpha value is -0.0900. The quantitative estimate of drug-likeness (QED) is 0.642. The van der Waals surface area contributed by atoms with Gasteiger partial charge in [0, 0.05) is 12.2 Å². The van der Waals surface area contributed by atoms with Crippen LogP contribution in [0.2, 0.25) is 0 Å². The van der Waals surface area contributed by atoms with Gasteiger partial charge in [0.2, 0.25) is 0 Å². The third kappa shape index (κ3) is 1.17. The zero-order valence-electron chi connectivity index (χ0n) is 7.10. The zero-order valence-corrected chi connectivity index (χ0v) is 7.92. The summed E-state index contributed by atoms with van der Waals surface area (Å²) in [5.41, 5.74) is 0. The molecule has 4 atom stereocenters. The van der Waals surface area contributed by atoms with Crippen LogP contribution in [0.5, 0.6) is 0 Å². The van der Waals surface area contributed by atoms with Crippen LogP contribution in [0.3, 0.4) is 0 Å². The Bertz CT molecular complexity index is 283. The molecule has 4 heteroatoms. The predicted octanol–water partition coefficient (Wildman–Crippen LogP) is 0.190. The molecule has 0 aliphatic heterocycles. The summed E-state index contributed by atoms with van der Waals surface area (Å²) in [6, 6.07) is 0. The molecule has 0 saturated heterocycles. The smallest absolute Gasteiger partial charge is 0.150 e. The standard InChI is InChI=1S/C8H14O3S/c1-12(10,11)8-4-5-2-6(8)7(9)3-5/h5-9H,2-4H2,1H3. The van der Waals surface area contributed by atoms with Crippen molar-refractivity contribution < 1.29 is 13.5 Å². The zero-order chi connectivity index (χ0) is 8.93. The lowest BCUT2D eigenvalue weighted by molar-refractivity contribution is 0.115. The third-order valence-electron chi connectivity index (χ3n) is 3.27. The van der Waals surface area contributed by atoms with Gasteiger partial charge in [-0.1, -0.05) is 0 Å². The van der Waals surface area contributed by atoms with Crippen LogP contribution in [0.15, 0.2) is 0 Å². The van der Waals surface area contributed by atoms with Crippen LogP contribution in [0.1, 0.15) is 19.3 Å². The molecule has 2 saturated carbocycles. The third-order valence-corrected chi connectivity index (χ3v) is 4.91. The van der Waals surface area contributed by atoms with Gasteiger partial charge in [0.15, 0.2) is 9.84 Å². The molecular formula is C8H14O3S. The van der Waals surface area contributed by atoms with Crippen molar-refractivity contribution >= 4 is 9.84 Å². The number of fused-ring (bicyclic) bond motifs is 2. The number of aliphatic hydroxyl groups excluding tert-OH is 1. The van der Waals surface area contributed by atoms with Crippen LogP contribution in [-0.2, 0) is 9.84 Å². The molecule has 12 heavy (non-hydrogen) atoms. The second-order valence-corrected chi connectivity index (χ2v) is 6.44. The Morgan fingerprint density at radius 3 is 2.25 bits per heavy atom. The van der Waals surface area contributed by atoms with Gasteiger partial charge in [0.1, 0.15) is 0 Å². The number of sulfone groups is 1. The van der Waals surface area contributed by atoms with Crippen molar-refractivity contribution in [2.45, 2.75) is 30.6 Å². The van der Waals surface area contributed by atoms with E-state index in [0.717, 1.165) is 19.3 Å². The summed E-state index contributed by atoms with van der Waals surface area (Å²) in [7, 11) is -2.93. The molecule has 0 radical (unpaired) electrons. The van der Waals surface area contributed by atoms with E-state index in [1.165, 1.54) is 6.26 Å². The van der Waals surface area contributed by atoms with E-state index < -0.39 is 9.84 Å². The summed E-state index contributed by atoms with van der Waals surface area (Å²) in [5, 5.41) is 9.23.